The standard InChI is InChI=1S/C11H11FN4O4S/c1-6-3-9(12)10(16(17)18)7(2)11(6)21(19,20)15-8-4-13-14-5-8/h3-5,15H,1-2H3,(H,13,14). The van der Waals surface area contributed by atoms with Crippen molar-refractivity contribution in [1.29, 1.82) is 0 Å². The number of hydrogen-bond donors (Lipinski definition) is 2. The summed E-state index contributed by atoms with van der Waals surface area (Å²) in [5.74, 6) is -1.07. The number of H-pyrrole nitrogens is 1. The molecular formula is C11H11FN4O4S. The van der Waals surface area contributed by atoms with E-state index in [2.05, 4.69) is 14.9 Å². The molecule has 0 saturated carbocycles. The molecule has 0 radical (unpaired) electrons. The van der Waals surface area contributed by atoms with Crippen molar-refractivity contribution in [3.63, 3.8) is 0 Å². The molecule has 112 valence electrons. The van der Waals surface area contributed by atoms with Gasteiger partial charge in [-0.3, -0.25) is 19.9 Å². The summed E-state index contributed by atoms with van der Waals surface area (Å²) in [7, 11) is -4.10. The number of nitrogens with one attached hydrogen (secondary N) is 2. The molecule has 1 aromatic heterocycles. The van der Waals surface area contributed by atoms with E-state index in [1.807, 2.05) is 0 Å². The number of halogens is 1. The van der Waals surface area contributed by atoms with E-state index >= 15 is 0 Å². The van der Waals surface area contributed by atoms with Crippen molar-refractivity contribution in [2.75, 3.05) is 4.72 Å². The van der Waals surface area contributed by atoms with Crippen molar-refractivity contribution >= 4 is 21.4 Å². The number of hydrogen-bond acceptors (Lipinski definition) is 5. The third kappa shape index (κ3) is 2.70. The van der Waals surface area contributed by atoms with Crippen LogP contribution >= 0.6 is 0 Å². The zero-order chi connectivity index (χ0) is 15.8. The smallest absolute Gasteiger partial charge is 0.284 e. The molecule has 0 atom stereocenters. The van der Waals surface area contributed by atoms with E-state index in [0.717, 1.165) is 6.07 Å². The second-order valence-corrected chi connectivity index (χ2v) is 5.95. The average Bonchev–Trinajstić information content (AvgIpc) is 2.78. The molecule has 0 unspecified atom stereocenters. The molecule has 2 rings (SSSR count). The van der Waals surface area contributed by atoms with Gasteiger partial charge in [0.2, 0.25) is 5.82 Å². The number of nitro benzene ring substituents is 1. The van der Waals surface area contributed by atoms with Crippen molar-refractivity contribution in [2.24, 2.45) is 0 Å². The van der Waals surface area contributed by atoms with Gasteiger partial charge in [-0.1, -0.05) is 0 Å². The number of sulfonamides is 1. The average molecular weight is 314 g/mol. The number of aromatic nitrogens is 2. The van der Waals surface area contributed by atoms with E-state index in [9.17, 15) is 22.9 Å². The molecule has 0 aliphatic heterocycles. The van der Waals surface area contributed by atoms with Crippen LogP contribution in [0.3, 0.4) is 0 Å². The topological polar surface area (TPSA) is 118 Å². The normalized spacial score (nSPS) is 11.4. The first-order valence-corrected chi connectivity index (χ1v) is 7.18. The van der Waals surface area contributed by atoms with Gasteiger partial charge >= 0.3 is 5.69 Å². The molecule has 0 saturated heterocycles. The zero-order valence-electron chi connectivity index (χ0n) is 11.0. The number of anilines is 1. The number of benzene rings is 1. The summed E-state index contributed by atoms with van der Waals surface area (Å²) >= 11 is 0. The molecule has 2 aromatic rings. The van der Waals surface area contributed by atoms with Crippen molar-refractivity contribution in [2.45, 2.75) is 18.7 Å². The van der Waals surface area contributed by atoms with Gasteiger partial charge in [0.05, 0.1) is 22.4 Å². The Morgan fingerprint density at radius 2 is 2.10 bits per heavy atom. The Bertz CT molecular complexity index is 802. The molecule has 8 nitrogen and oxygen atoms in total. The van der Waals surface area contributed by atoms with E-state index in [1.54, 1.807) is 0 Å². The number of rotatable bonds is 4. The van der Waals surface area contributed by atoms with E-state index in [-0.39, 0.29) is 21.7 Å². The van der Waals surface area contributed by atoms with Crippen LogP contribution in [0, 0.1) is 29.8 Å². The molecule has 21 heavy (non-hydrogen) atoms. The van der Waals surface area contributed by atoms with Gasteiger partial charge in [-0.25, -0.2) is 8.42 Å². The molecule has 0 bridgehead atoms. The predicted molar refractivity (Wildman–Crippen MR) is 71.9 cm³/mol. The summed E-state index contributed by atoms with van der Waals surface area (Å²) in [6, 6.07) is 0.828. The quantitative estimate of drug-likeness (QED) is 0.659. The summed E-state index contributed by atoms with van der Waals surface area (Å²) in [5, 5.41) is 16.9. The monoisotopic (exact) mass is 314 g/mol. The van der Waals surface area contributed by atoms with Gasteiger partial charge < -0.3 is 0 Å². The highest BCUT2D eigenvalue weighted by Gasteiger charge is 2.29. The number of nitro groups is 1. The Morgan fingerprint density at radius 3 is 2.62 bits per heavy atom. The second kappa shape index (κ2) is 5.13. The van der Waals surface area contributed by atoms with Crippen LogP contribution in [0.2, 0.25) is 0 Å². The molecule has 10 heteroatoms. The minimum Gasteiger partial charge on any atom is -0.284 e. The first kappa shape index (κ1) is 14.9. The Morgan fingerprint density at radius 1 is 1.43 bits per heavy atom. The molecule has 2 N–H and O–H groups in total. The summed E-state index contributed by atoms with van der Waals surface area (Å²) < 4.78 is 40.5. The first-order chi connectivity index (χ1) is 9.74. The van der Waals surface area contributed by atoms with Gasteiger partial charge in [0.25, 0.3) is 10.0 Å². The maximum Gasteiger partial charge on any atom is 0.309 e. The molecule has 1 heterocycles. The van der Waals surface area contributed by atoms with E-state index in [0.29, 0.717) is 0 Å². The third-order valence-electron chi connectivity index (χ3n) is 2.83. The summed E-state index contributed by atoms with van der Waals surface area (Å²) in [5.41, 5.74) is -0.867. The Balaban J connectivity index is 2.63. The molecule has 0 fully saturated rings. The van der Waals surface area contributed by atoms with E-state index in [4.69, 9.17) is 0 Å². The lowest BCUT2D eigenvalue weighted by molar-refractivity contribution is -0.388. The number of aryl methyl sites for hydroxylation is 1. The zero-order valence-corrected chi connectivity index (χ0v) is 11.9. The highest BCUT2D eigenvalue weighted by Crippen LogP contribution is 2.32. The van der Waals surface area contributed by atoms with E-state index in [1.165, 1.54) is 26.2 Å². The van der Waals surface area contributed by atoms with Gasteiger partial charge in [-0.2, -0.15) is 9.49 Å². The minimum absolute atomic E-state index is 0.0756. The van der Waals surface area contributed by atoms with Crippen molar-refractivity contribution in [3.05, 3.63) is 45.5 Å². The Labute approximate surface area is 119 Å². The SMILES string of the molecule is Cc1cc(F)c([N+](=O)[O-])c(C)c1S(=O)(=O)Nc1cn[nH]c1. The maximum absolute atomic E-state index is 13.6. The lowest BCUT2D eigenvalue weighted by Gasteiger charge is -2.12. The van der Waals surface area contributed by atoms with Crippen molar-refractivity contribution < 1.29 is 17.7 Å². The largest absolute Gasteiger partial charge is 0.309 e. The predicted octanol–water partition coefficient (Wildman–Crippen LogP) is 1.87. The van der Waals surface area contributed by atoms with Crippen LogP contribution in [0.15, 0.2) is 23.4 Å². The van der Waals surface area contributed by atoms with Gasteiger partial charge in [-0.05, 0) is 25.5 Å². The van der Waals surface area contributed by atoms with Gasteiger partial charge in [-0.15, -0.1) is 0 Å². The number of aromatic amines is 1. The lowest BCUT2D eigenvalue weighted by atomic mass is 10.1. The fraction of sp³-hybridized carbons (Fsp3) is 0.182. The Hall–Kier alpha value is -2.49. The molecular weight excluding hydrogens is 303 g/mol. The summed E-state index contributed by atoms with van der Waals surface area (Å²) in [6.07, 6.45) is 2.54. The lowest BCUT2D eigenvalue weighted by Crippen LogP contribution is -2.16. The van der Waals surface area contributed by atoms with Crippen LogP contribution in [0.25, 0.3) is 0 Å². The third-order valence-corrected chi connectivity index (χ3v) is 4.50. The molecule has 0 amide bonds. The fourth-order valence-electron chi connectivity index (χ4n) is 2.06. The highest BCUT2D eigenvalue weighted by molar-refractivity contribution is 7.92. The van der Waals surface area contributed by atoms with Crippen molar-refractivity contribution in [1.82, 2.24) is 10.2 Å². The summed E-state index contributed by atoms with van der Waals surface area (Å²) in [6.45, 7) is 2.56. The fourth-order valence-corrected chi connectivity index (χ4v) is 3.56. The van der Waals surface area contributed by atoms with Crippen LogP contribution in [0.1, 0.15) is 11.1 Å². The van der Waals surface area contributed by atoms with Crippen molar-refractivity contribution in [3.8, 4) is 0 Å². The summed E-state index contributed by atoms with van der Waals surface area (Å²) in [4.78, 5) is 9.62. The molecule has 0 spiro atoms. The molecule has 0 aliphatic rings. The van der Waals surface area contributed by atoms with Gasteiger partial charge in [0.15, 0.2) is 0 Å². The first-order valence-electron chi connectivity index (χ1n) is 5.69. The Kier molecular flexibility index (Phi) is 3.64. The number of nitrogens with zero attached hydrogens (tertiary/aromatic N) is 2. The molecule has 1 aromatic carbocycles. The maximum atomic E-state index is 13.6. The van der Waals surface area contributed by atoms with Crippen LogP contribution in [-0.2, 0) is 10.0 Å². The van der Waals surface area contributed by atoms with Gasteiger partial charge in [0.1, 0.15) is 4.90 Å². The van der Waals surface area contributed by atoms with E-state index < -0.39 is 26.5 Å². The van der Waals surface area contributed by atoms with Crippen LogP contribution in [-0.4, -0.2) is 23.5 Å². The minimum atomic E-state index is -4.10. The van der Waals surface area contributed by atoms with Crippen LogP contribution < -0.4 is 4.72 Å². The van der Waals surface area contributed by atoms with Gasteiger partial charge in [0, 0.05) is 6.20 Å². The highest BCUT2D eigenvalue weighted by atomic mass is 32.2. The molecule has 0 aliphatic carbocycles. The van der Waals surface area contributed by atoms with Crippen LogP contribution in [0.5, 0.6) is 0 Å². The van der Waals surface area contributed by atoms with Crippen LogP contribution in [0.4, 0.5) is 15.8 Å². The second-order valence-electron chi connectivity index (χ2n) is 4.33.